The highest BCUT2D eigenvalue weighted by atomic mass is 16.3. The summed E-state index contributed by atoms with van der Waals surface area (Å²) in [5.41, 5.74) is 0.507. The quantitative estimate of drug-likeness (QED) is 0.469. The van der Waals surface area contributed by atoms with E-state index >= 15 is 0 Å². The molecule has 0 bridgehead atoms. The minimum absolute atomic E-state index is 0.0463. The summed E-state index contributed by atoms with van der Waals surface area (Å²) in [4.78, 5) is 20.5. The largest absolute Gasteiger partial charge is 0.493 e. The summed E-state index contributed by atoms with van der Waals surface area (Å²) in [7, 11) is 1.55. The van der Waals surface area contributed by atoms with Crippen LogP contribution in [0.3, 0.4) is 0 Å². The number of nitrogens with zero attached hydrogens (tertiary/aromatic N) is 1. The number of H-pyrrole nitrogens is 3. The van der Waals surface area contributed by atoms with Gasteiger partial charge in [0.1, 0.15) is 0 Å². The molecule has 15 heavy (non-hydrogen) atoms. The average Bonchev–Trinajstić information content (AvgIpc) is 2.61. The summed E-state index contributed by atoms with van der Waals surface area (Å²) >= 11 is 0. The number of nitrogens with one attached hydrogen (secondary N) is 3. The van der Waals surface area contributed by atoms with Crippen molar-refractivity contribution in [1.82, 2.24) is 20.0 Å². The molecular weight excluding hydrogens is 200 g/mol. The first-order valence-electron chi connectivity index (χ1n) is 4.18. The van der Waals surface area contributed by atoms with Crippen LogP contribution >= 0.6 is 0 Å². The van der Waals surface area contributed by atoms with Crippen molar-refractivity contribution in [2.75, 3.05) is 0 Å². The topological polar surface area (TPSA) is 107 Å². The van der Waals surface area contributed by atoms with E-state index in [1.807, 2.05) is 6.92 Å². The van der Waals surface area contributed by atoms with Gasteiger partial charge in [0.15, 0.2) is 0 Å². The van der Waals surface area contributed by atoms with Crippen molar-refractivity contribution in [3.8, 4) is 5.88 Å². The number of aromatic amines is 3. The molecule has 0 atom stereocenters. The van der Waals surface area contributed by atoms with E-state index in [1.165, 1.54) is 10.7 Å². The number of rotatable bonds is 0. The lowest BCUT2D eigenvalue weighted by Gasteiger charge is -1.87. The lowest BCUT2D eigenvalue weighted by molar-refractivity contribution is 0.419. The molecule has 2 aromatic heterocycles. The van der Waals surface area contributed by atoms with E-state index in [-0.39, 0.29) is 17.0 Å². The van der Waals surface area contributed by atoms with E-state index in [9.17, 15) is 9.59 Å². The third kappa shape index (κ3) is 3.22. The van der Waals surface area contributed by atoms with Crippen LogP contribution in [-0.2, 0) is 7.05 Å². The van der Waals surface area contributed by atoms with E-state index in [1.54, 1.807) is 7.05 Å². The summed E-state index contributed by atoms with van der Waals surface area (Å²) < 4.78 is 1.24. The van der Waals surface area contributed by atoms with Crippen LogP contribution in [0.25, 0.3) is 0 Å². The Kier molecular flexibility index (Phi) is 3.17. The highest BCUT2D eigenvalue weighted by molar-refractivity contribution is 5.03. The minimum Gasteiger partial charge on any atom is -0.493 e. The highest BCUT2D eigenvalue weighted by Crippen LogP contribution is 1.96. The number of aryl methyl sites for hydroxylation is 2. The van der Waals surface area contributed by atoms with Crippen LogP contribution in [0.5, 0.6) is 5.88 Å². The Hall–Kier alpha value is -2.18. The molecule has 7 nitrogen and oxygen atoms in total. The molecule has 82 valence electrons. The second kappa shape index (κ2) is 4.36. The van der Waals surface area contributed by atoms with Crippen molar-refractivity contribution in [3.05, 3.63) is 38.5 Å². The molecule has 0 saturated carbocycles. The Balaban J connectivity index is 0.000000151. The zero-order valence-corrected chi connectivity index (χ0v) is 8.37. The Morgan fingerprint density at radius 3 is 2.00 bits per heavy atom. The smallest absolute Gasteiger partial charge is 0.267 e. The molecule has 0 aliphatic carbocycles. The van der Waals surface area contributed by atoms with Gasteiger partial charge < -0.3 is 10.2 Å². The van der Waals surface area contributed by atoms with Crippen molar-refractivity contribution >= 4 is 0 Å². The average molecular weight is 212 g/mol. The van der Waals surface area contributed by atoms with Crippen molar-refractivity contribution in [1.29, 1.82) is 0 Å². The van der Waals surface area contributed by atoms with E-state index < -0.39 is 0 Å². The maximum Gasteiger partial charge on any atom is 0.267 e. The van der Waals surface area contributed by atoms with Gasteiger partial charge in [0.25, 0.3) is 11.1 Å². The standard InChI is InChI=1S/C4H6N2O2.C4H6N2O/c1-6-4(8)2-3(7)5-6;1-3-2-4(7)6-5-3/h2,8H,1H3,(H,5,7);2H,1H3,(H2,5,6,7). The molecule has 0 saturated heterocycles. The van der Waals surface area contributed by atoms with Crippen molar-refractivity contribution < 1.29 is 5.11 Å². The maximum atomic E-state index is 10.3. The van der Waals surface area contributed by atoms with Gasteiger partial charge in [-0.3, -0.25) is 24.5 Å². The first kappa shape index (κ1) is 10.9. The maximum absolute atomic E-state index is 10.3. The molecule has 0 amide bonds. The number of hydrogen-bond donors (Lipinski definition) is 4. The van der Waals surface area contributed by atoms with Gasteiger partial charge in [-0.2, -0.15) is 0 Å². The summed E-state index contributed by atoms with van der Waals surface area (Å²) in [5, 5.41) is 16.0. The molecule has 0 aromatic carbocycles. The van der Waals surface area contributed by atoms with Gasteiger partial charge in [-0.1, -0.05) is 0 Å². The van der Waals surface area contributed by atoms with Gasteiger partial charge >= 0.3 is 0 Å². The molecule has 4 N–H and O–H groups in total. The number of hydrogen-bond acceptors (Lipinski definition) is 3. The number of aromatic hydroxyl groups is 1. The SMILES string of the molecule is Cc1cc(=O)[nH][nH]1.Cn1[nH]c(=O)cc1O. The molecule has 7 heteroatoms. The second-order valence-corrected chi connectivity index (χ2v) is 2.98. The summed E-state index contributed by atoms with van der Waals surface area (Å²) in [6.07, 6.45) is 0. The van der Waals surface area contributed by atoms with Crippen LogP contribution in [0.4, 0.5) is 0 Å². The first-order chi connectivity index (χ1) is 6.99. The predicted molar refractivity (Wildman–Crippen MR) is 53.8 cm³/mol. The van der Waals surface area contributed by atoms with Crippen LogP contribution in [-0.4, -0.2) is 25.1 Å². The van der Waals surface area contributed by atoms with Crippen LogP contribution in [0.1, 0.15) is 5.69 Å². The minimum atomic E-state index is -0.287. The van der Waals surface area contributed by atoms with Crippen molar-refractivity contribution in [2.45, 2.75) is 6.92 Å². The third-order valence-corrected chi connectivity index (χ3v) is 1.61. The number of aromatic nitrogens is 4. The van der Waals surface area contributed by atoms with Gasteiger partial charge in [-0.05, 0) is 6.92 Å². The molecular formula is C8H12N4O3. The molecule has 0 aliphatic heterocycles. The van der Waals surface area contributed by atoms with Gasteiger partial charge in [-0.15, -0.1) is 0 Å². The molecule has 0 fully saturated rings. The van der Waals surface area contributed by atoms with E-state index in [4.69, 9.17) is 5.11 Å². The van der Waals surface area contributed by atoms with Crippen molar-refractivity contribution in [3.63, 3.8) is 0 Å². The van der Waals surface area contributed by atoms with E-state index in [0.717, 1.165) is 11.8 Å². The summed E-state index contributed by atoms with van der Waals surface area (Å²) in [5.74, 6) is -0.0463. The Labute approximate surface area is 84.3 Å². The zero-order valence-electron chi connectivity index (χ0n) is 8.37. The summed E-state index contributed by atoms with van der Waals surface area (Å²) in [6, 6.07) is 2.61. The Morgan fingerprint density at radius 1 is 1.20 bits per heavy atom. The third-order valence-electron chi connectivity index (χ3n) is 1.61. The first-order valence-corrected chi connectivity index (χ1v) is 4.18. The fraction of sp³-hybridized carbons (Fsp3) is 0.250. The molecule has 2 heterocycles. The fourth-order valence-corrected chi connectivity index (χ4v) is 0.898. The molecule has 2 aromatic rings. The predicted octanol–water partition coefficient (Wildman–Crippen LogP) is -0.570. The van der Waals surface area contributed by atoms with E-state index in [0.29, 0.717) is 0 Å². The molecule has 0 radical (unpaired) electrons. The van der Waals surface area contributed by atoms with Crippen molar-refractivity contribution in [2.24, 2.45) is 7.05 Å². The fourth-order valence-electron chi connectivity index (χ4n) is 0.898. The van der Waals surface area contributed by atoms with Gasteiger partial charge in [0.05, 0.1) is 6.07 Å². The van der Waals surface area contributed by atoms with Crippen LogP contribution < -0.4 is 11.1 Å². The van der Waals surface area contributed by atoms with Crippen LogP contribution in [0, 0.1) is 6.92 Å². The highest BCUT2D eigenvalue weighted by Gasteiger charge is 1.92. The van der Waals surface area contributed by atoms with E-state index in [2.05, 4.69) is 15.3 Å². The van der Waals surface area contributed by atoms with Crippen LogP contribution in [0.15, 0.2) is 21.7 Å². The monoisotopic (exact) mass is 212 g/mol. The normalized spacial score (nSPS) is 9.47. The zero-order chi connectivity index (χ0) is 11.4. The molecule has 0 unspecified atom stereocenters. The molecule has 2 rings (SSSR count). The second-order valence-electron chi connectivity index (χ2n) is 2.98. The Morgan fingerprint density at radius 2 is 1.87 bits per heavy atom. The molecule has 0 aliphatic rings. The lowest BCUT2D eigenvalue weighted by Crippen LogP contribution is -2.00. The summed E-state index contributed by atoms with van der Waals surface area (Å²) in [6.45, 7) is 1.82. The Bertz CT molecular complexity index is 508. The van der Waals surface area contributed by atoms with Crippen LogP contribution in [0.2, 0.25) is 0 Å². The van der Waals surface area contributed by atoms with Gasteiger partial charge in [0.2, 0.25) is 5.88 Å². The lowest BCUT2D eigenvalue weighted by atomic mass is 10.5. The molecule has 0 spiro atoms. The van der Waals surface area contributed by atoms with Gasteiger partial charge in [0, 0.05) is 18.8 Å². The van der Waals surface area contributed by atoms with Gasteiger partial charge in [-0.25, -0.2) is 0 Å².